The van der Waals surface area contributed by atoms with Gasteiger partial charge in [0.15, 0.2) is 28.9 Å². The lowest BCUT2D eigenvalue weighted by molar-refractivity contribution is -0.141. The normalized spacial score (nSPS) is 14.0. The number of methoxy groups -OCH3 is 1. The second-order valence-electron chi connectivity index (χ2n) is 34.4. The number of hydrogen-bond donors (Lipinski definition) is 0. The Labute approximate surface area is 784 Å². The zero-order valence-corrected chi connectivity index (χ0v) is 79.8. The molecule has 706 valence electrons. The summed E-state index contributed by atoms with van der Waals surface area (Å²) in [6.07, 6.45) is 7.50. The third-order valence-electron chi connectivity index (χ3n) is 21.2. The molecule has 0 spiro atoms. The number of carbonyl (C=O) groups is 10. The fourth-order valence-corrected chi connectivity index (χ4v) is 14.9. The molecule has 0 saturated carbocycles. The molecule has 0 aromatic carbocycles. The highest BCUT2D eigenvalue weighted by Crippen LogP contribution is 2.29. The van der Waals surface area contributed by atoms with Gasteiger partial charge in [-0.15, -0.1) is 11.3 Å². The Morgan fingerprint density at radius 1 is 0.351 bits per heavy atom. The molecule has 33 nitrogen and oxygen atoms in total. The zero-order valence-electron chi connectivity index (χ0n) is 79.0. The van der Waals surface area contributed by atoms with Crippen LogP contribution in [0.25, 0.3) is 0 Å². The summed E-state index contributed by atoms with van der Waals surface area (Å²) in [5, 5.41) is 2.70. The van der Waals surface area contributed by atoms with Crippen molar-refractivity contribution < 1.29 is 85.8 Å². The summed E-state index contributed by atoms with van der Waals surface area (Å²) in [5.74, 6) is 3.14. The molecule has 5 amide bonds. The van der Waals surface area contributed by atoms with Crippen molar-refractivity contribution >= 4 is 70.3 Å². The number of thiazole rings is 1. The van der Waals surface area contributed by atoms with Crippen LogP contribution in [0.5, 0.6) is 28.7 Å². The number of rotatable bonds is 30. The van der Waals surface area contributed by atoms with Gasteiger partial charge in [0.25, 0.3) is 0 Å². The first-order chi connectivity index (χ1) is 63.9. The van der Waals surface area contributed by atoms with E-state index in [1.807, 2.05) is 175 Å². The smallest absolute Gasteiger partial charge is 0.410 e. The van der Waals surface area contributed by atoms with Gasteiger partial charge < -0.3 is 62.4 Å². The topological polar surface area (TPSA) is 390 Å². The molecule has 0 atom stereocenters. The third-order valence-corrected chi connectivity index (χ3v) is 22.2. The van der Waals surface area contributed by atoms with E-state index in [9.17, 15) is 47.9 Å². The van der Waals surface area contributed by atoms with Crippen LogP contribution < -0.4 is 23.7 Å². The van der Waals surface area contributed by atoms with Crippen molar-refractivity contribution in [1.29, 1.82) is 0 Å². The summed E-state index contributed by atoms with van der Waals surface area (Å²) < 4.78 is 44.3. The molecule has 5 saturated heterocycles. The third kappa shape index (κ3) is 30.6. The number of ether oxygens (including phenoxy) is 8. The SMILES string of the molecule is CCC(=O)N1CC(Oc2cc(C)nc(C(=O)Cc3ccc(C)cn3)c2)C1.CCOC(=O)N1CC(Oc2cc(C)nc(C(=O)Cc3nc(C)cs3)c2)C1.COC(=O)N1CC(Oc2cc(C)nc(C(=O)Cc3ccc(C)cn3)c2)C1.Cc1ccc(CC(=O)c2cc(OC3CN(C(=O)CC(C)C)C3)cc(C)n2)nc1.Cc1ccc(CC(=O)c2cc(OC3CN(C(=O)OC(C)C)C3)cc(C)n2)nc1. The highest BCUT2D eigenvalue weighted by Gasteiger charge is 2.38. The summed E-state index contributed by atoms with van der Waals surface area (Å²) in [4.78, 5) is 173. The fourth-order valence-electron chi connectivity index (χ4n) is 14.1. The Bertz CT molecular complexity index is 5510. The average Bonchev–Trinajstić information content (AvgIpc) is 0.897. The maximum atomic E-state index is 12.6. The molecule has 15 rings (SSSR count). The first-order valence-corrected chi connectivity index (χ1v) is 45.6. The maximum absolute atomic E-state index is 12.6. The van der Waals surface area contributed by atoms with Gasteiger partial charge in [-0.25, -0.2) is 44.3 Å². The minimum atomic E-state index is -0.364. The molecule has 0 N–H and O–H groups in total. The standard InChI is InChI=1S/C22H27N3O3.C21H25N3O4.C20H23N3O3.C19H21N3O4.C18H21N3O4S/c1-14(2)7-22(27)25-12-19(13-25)28-18-8-16(4)24-20(10-18)21(26)9-17-6-5-15(3)11-23-17;1-13(2)27-21(26)24-11-18(12-24)28-17-7-15(4)23-19(9-17)20(25)8-16-6-5-14(3)10-22-16;1-4-20(25)23-11-17(12-23)26-16-7-14(3)22-18(9-16)19(24)8-15-6-5-13(2)10-21-15;1-12-4-5-14(20-9-12)7-18(23)17-8-15(6-13(2)21-17)26-16-10-22(11-16)19(24)25-3;1-4-24-18(23)21-8-14(9-21)25-13-5-11(2)19-15(6-13)16(22)7-17-20-12(3)10-26-17/h5-6,8,10-11,14,19H,7,9,12-13H2,1-4H3;5-7,9-10,13,18H,8,11-12H2,1-4H3;5-7,9-10,17H,4,8,11-12H2,1-3H3;4-6,8-9,16H,7,10-11H2,1-3H3;5-6,10,14H,4,7-9H2,1-3H3. The highest BCUT2D eigenvalue weighted by atomic mass is 32.1. The number of aromatic nitrogens is 10. The number of nitrogens with zero attached hydrogens (tertiary/aromatic N) is 15. The van der Waals surface area contributed by atoms with Gasteiger partial charge in [0, 0.05) is 161 Å². The summed E-state index contributed by atoms with van der Waals surface area (Å²) >= 11 is 1.47. The molecule has 5 aliphatic heterocycles. The van der Waals surface area contributed by atoms with Crippen LogP contribution in [0, 0.1) is 75.2 Å². The molecule has 34 heteroatoms. The van der Waals surface area contributed by atoms with E-state index < -0.39 is 0 Å². The molecule has 0 radical (unpaired) electrons. The van der Waals surface area contributed by atoms with Crippen molar-refractivity contribution in [1.82, 2.24) is 74.3 Å². The van der Waals surface area contributed by atoms with Crippen LogP contribution in [-0.4, -0.2) is 249 Å². The van der Waals surface area contributed by atoms with Crippen molar-refractivity contribution in [2.24, 2.45) is 5.92 Å². The van der Waals surface area contributed by atoms with Crippen molar-refractivity contribution in [2.45, 2.75) is 192 Å². The number of amides is 5. The van der Waals surface area contributed by atoms with E-state index in [1.54, 1.807) is 99.8 Å². The lowest BCUT2D eigenvalue weighted by atomic mass is 10.1. The molecular formula is C100H117N15O18S. The zero-order chi connectivity index (χ0) is 96.6. The summed E-state index contributed by atoms with van der Waals surface area (Å²) in [6, 6.07) is 32.4. The number of ketones is 5. The number of aryl methyl sites for hydroxylation is 10. The Morgan fingerprint density at radius 3 is 0.888 bits per heavy atom. The van der Waals surface area contributed by atoms with E-state index >= 15 is 0 Å². The maximum Gasteiger partial charge on any atom is 0.410 e. The van der Waals surface area contributed by atoms with Gasteiger partial charge in [0.2, 0.25) is 11.8 Å². The van der Waals surface area contributed by atoms with Crippen LogP contribution in [0.3, 0.4) is 0 Å². The van der Waals surface area contributed by atoms with E-state index in [4.69, 9.17) is 33.2 Å². The first kappa shape index (κ1) is 101. The lowest BCUT2D eigenvalue weighted by Gasteiger charge is -2.39. The largest absolute Gasteiger partial charge is 0.487 e. The quantitative estimate of drug-likeness (QED) is 0.0298. The van der Waals surface area contributed by atoms with Crippen molar-refractivity contribution in [3.63, 3.8) is 0 Å². The van der Waals surface area contributed by atoms with Crippen molar-refractivity contribution in [2.75, 3.05) is 79.2 Å². The van der Waals surface area contributed by atoms with E-state index in [2.05, 4.69) is 54.6 Å². The van der Waals surface area contributed by atoms with E-state index in [0.29, 0.717) is 177 Å². The molecule has 0 aliphatic carbocycles. The average molecular weight is 1850 g/mol. The molecule has 134 heavy (non-hydrogen) atoms. The van der Waals surface area contributed by atoms with Crippen LogP contribution in [0.2, 0.25) is 0 Å². The minimum absolute atomic E-state index is 0.0333. The number of carbonyl (C=O) groups excluding carboxylic acids is 10. The van der Waals surface area contributed by atoms with E-state index in [-0.39, 0.29) is 128 Å². The number of likely N-dealkylation sites (tertiary alicyclic amines) is 5. The highest BCUT2D eigenvalue weighted by molar-refractivity contribution is 7.09. The van der Waals surface area contributed by atoms with Crippen LogP contribution in [0.1, 0.15) is 191 Å². The Morgan fingerprint density at radius 2 is 0.634 bits per heavy atom. The minimum Gasteiger partial charge on any atom is -0.487 e. The summed E-state index contributed by atoms with van der Waals surface area (Å²) in [6.45, 7) is 35.7. The monoisotopic (exact) mass is 1850 g/mol. The molecule has 5 aliphatic rings. The van der Waals surface area contributed by atoms with Crippen LogP contribution in [-0.2, 0) is 55.9 Å². The Hall–Kier alpha value is -13.9. The summed E-state index contributed by atoms with van der Waals surface area (Å²) in [5.41, 5.74) is 13.4. The second kappa shape index (κ2) is 47.4. The first-order valence-electron chi connectivity index (χ1n) is 44.7. The molecule has 10 aromatic rings. The van der Waals surface area contributed by atoms with E-state index in [1.165, 1.54) is 18.4 Å². The van der Waals surface area contributed by atoms with Gasteiger partial charge in [-0.2, -0.15) is 0 Å². The Kier molecular flexibility index (Phi) is 35.6. The van der Waals surface area contributed by atoms with Gasteiger partial charge in [-0.05, 0) is 142 Å². The molecule has 0 bridgehead atoms. The van der Waals surface area contributed by atoms with Crippen LogP contribution in [0.4, 0.5) is 14.4 Å². The number of Topliss-reactive ketones (excluding diaryl/α,β-unsaturated/α-hetero) is 5. The van der Waals surface area contributed by atoms with E-state index in [0.717, 1.165) is 55.7 Å². The fraction of sp³-hybridized carbons (Fsp3) is 0.420. The second-order valence-corrected chi connectivity index (χ2v) is 35.3. The van der Waals surface area contributed by atoms with Crippen LogP contribution >= 0.6 is 11.3 Å². The summed E-state index contributed by atoms with van der Waals surface area (Å²) in [7, 11) is 1.35. The predicted octanol–water partition coefficient (Wildman–Crippen LogP) is 13.9. The van der Waals surface area contributed by atoms with Gasteiger partial charge in [-0.1, -0.05) is 45.0 Å². The van der Waals surface area contributed by atoms with Gasteiger partial charge >= 0.3 is 18.3 Å². The van der Waals surface area contributed by atoms with Gasteiger partial charge in [0.05, 0.1) is 117 Å². The molecule has 15 heterocycles. The Balaban J connectivity index is 0.000000161. The number of hydrogen-bond acceptors (Lipinski definition) is 29. The number of pyridine rings is 9. The van der Waals surface area contributed by atoms with Crippen molar-refractivity contribution in [3.8, 4) is 28.7 Å². The van der Waals surface area contributed by atoms with Crippen LogP contribution in [0.15, 0.2) is 139 Å². The molecule has 5 fully saturated rings. The molecule has 0 unspecified atom stereocenters. The molecular weight excluding hydrogens is 1730 g/mol. The van der Waals surface area contributed by atoms with Crippen molar-refractivity contribution in [3.05, 3.63) is 252 Å². The predicted molar refractivity (Wildman–Crippen MR) is 499 cm³/mol. The lowest BCUT2D eigenvalue weighted by Crippen LogP contribution is -2.56. The van der Waals surface area contributed by atoms with Gasteiger partial charge in [-0.3, -0.25) is 53.5 Å². The van der Waals surface area contributed by atoms with Gasteiger partial charge in [0.1, 0.15) is 92.7 Å². The molecule has 10 aromatic heterocycles.